The molecule has 0 amide bonds. The van der Waals surface area contributed by atoms with Crippen molar-refractivity contribution in [3.8, 4) is 22.4 Å². The number of fused-ring (bicyclic) bond motifs is 1. The van der Waals surface area contributed by atoms with E-state index in [1.165, 1.54) is 0 Å². The van der Waals surface area contributed by atoms with Crippen LogP contribution in [-0.4, -0.2) is 36.1 Å². The van der Waals surface area contributed by atoms with E-state index in [0.29, 0.717) is 13.0 Å². The molecule has 1 N–H and O–H groups in total. The summed E-state index contributed by atoms with van der Waals surface area (Å²) in [5.41, 5.74) is 4.86. The van der Waals surface area contributed by atoms with Gasteiger partial charge in [-0.1, -0.05) is 18.2 Å². The Hall–Kier alpha value is -2.99. The van der Waals surface area contributed by atoms with E-state index in [4.69, 9.17) is 5.11 Å². The van der Waals surface area contributed by atoms with Gasteiger partial charge in [-0.3, -0.25) is 4.68 Å². The summed E-state index contributed by atoms with van der Waals surface area (Å²) >= 11 is 0. The van der Waals surface area contributed by atoms with Crippen LogP contribution in [0.4, 0.5) is 0 Å². The summed E-state index contributed by atoms with van der Waals surface area (Å²) < 4.78 is 3.63. The molecule has 24 heavy (non-hydrogen) atoms. The van der Waals surface area contributed by atoms with E-state index >= 15 is 0 Å². The Morgan fingerprint density at radius 3 is 2.88 bits per heavy atom. The highest BCUT2D eigenvalue weighted by Gasteiger charge is 2.09. The third-order valence-electron chi connectivity index (χ3n) is 3.93. The van der Waals surface area contributed by atoms with Crippen LogP contribution in [0.5, 0.6) is 0 Å². The zero-order valence-corrected chi connectivity index (χ0v) is 13.1. The van der Waals surface area contributed by atoms with E-state index in [9.17, 15) is 0 Å². The van der Waals surface area contributed by atoms with Crippen LogP contribution in [0.3, 0.4) is 0 Å². The maximum atomic E-state index is 8.93. The van der Waals surface area contributed by atoms with Crippen molar-refractivity contribution in [1.29, 1.82) is 0 Å². The van der Waals surface area contributed by atoms with Crippen molar-refractivity contribution in [2.75, 3.05) is 6.61 Å². The molecule has 1 aromatic carbocycles. The van der Waals surface area contributed by atoms with Crippen molar-refractivity contribution in [2.45, 2.75) is 13.0 Å². The molecule has 6 nitrogen and oxygen atoms in total. The standard InChI is InChI=1S/C18H17N5O/c24-11-3-8-22-10-6-17(21-22)15-5-1-4-14(12-15)16-13-20-23-9-2-7-19-18(16)23/h1-2,4-7,9-10,12-13,24H,3,8,11H2. The molecule has 4 rings (SSSR count). The molecule has 0 spiro atoms. The molecule has 6 heteroatoms. The second kappa shape index (κ2) is 6.25. The first kappa shape index (κ1) is 14.6. The number of aliphatic hydroxyl groups excluding tert-OH is 1. The first-order chi connectivity index (χ1) is 11.8. The lowest BCUT2D eigenvalue weighted by molar-refractivity contribution is 0.277. The average molecular weight is 319 g/mol. The van der Waals surface area contributed by atoms with Crippen LogP contribution in [0.15, 0.2) is 61.2 Å². The maximum Gasteiger partial charge on any atom is 0.162 e. The molecule has 0 saturated carbocycles. The lowest BCUT2D eigenvalue weighted by atomic mass is 10.0. The number of hydrogen-bond donors (Lipinski definition) is 1. The molecular weight excluding hydrogens is 302 g/mol. The van der Waals surface area contributed by atoms with Gasteiger partial charge in [-0.2, -0.15) is 10.2 Å². The molecule has 0 unspecified atom stereocenters. The SMILES string of the molecule is OCCCn1ccc(-c2cccc(-c3cnn4cccnc34)c2)n1. The Morgan fingerprint density at radius 2 is 1.96 bits per heavy atom. The van der Waals surface area contributed by atoms with Gasteiger partial charge < -0.3 is 5.11 Å². The van der Waals surface area contributed by atoms with Gasteiger partial charge in [0.05, 0.1) is 11.9 Å². The summed E-state index contributed by atoms with van der Waals surface area (Å²) in [5, 5.41) is 17.8. The molecule has 0 fully saturated rings. The van der Waals surface area contributed by atoms with Gasteiger partial charge in [0.25, 0.3) is 0 Å². The summed E-state index contributed by atoms with van der Waals surface area (Å²) in [6.07, 6.45) is 8.14. The molecule has 0 aliphatic rings. The normalized spacial score (nSPS) is 11.2. The fourth-order valence-electron chi connectivity index (χ4n) is 2.75. The van der Waals surface area contributed by atoms with Crippen molar-refractivity contribution >= 4 is 5.65 Å². The first-order valence-corrected chi connectivity index (χ1v) is 7.88. The maximum absolute atomic E-state index is 8.93. The minimum atomic E-state index is 0.173. The van der Waals surface area contributed by atoms with E-state index in [1.807, 2.05) is 47.5 Å². The van der Waals surface area contributed by atoms with Gasteiger partial charge in [0.2, 0.25) is 0 Å². The predicted octanol–water partition coefficient (Wildman–Crippen LogP) is 2.64. The number of aromatic nitrogens is 5. The number of benzene rings is 1. The second-order valence-electron chi connectivity index (χ2n) is 5.57. The summed E-state index contributed by atoms with van der Waals surface area (Å²) in [5.74, 6) is 0. The molecular formula is C18H17N5O. The summed E-state index contributed by atoms with van der Waals surface area (Å²) in [6.45, 7) is 0.889. The second-order valence-corrected chi connectivity index (χ2v) is 5.57. The fourth-order valence-corrected chi connectivity index (χ4v) is 2.75. The van der Waals surface area contributed by atoms with Crippen LogP contribution in [0.25, 0.3) is 28.0 Å². The Balaban J connectivity index is 1.70. The molecule has 0 aliphatic carbocycles. The molecule has 3 aromatic heterocycles. The number of aryl methyl sites for hydroxylation is 1. The van der Waals surface area contributed by atoms with Gasteiger partial charge in [-0.15, -0.1) is 0 Å². The Morgan fingerprint density at radius 1 is 1.04 bits per heavy atom. The van der Waals surface area contributed by atoms with Gasteiger partial charge in [0.1, 0.15) is 0 Å². The van der Waals surface area contributed by atoms with Crippen molar-refractivity contribution in [2.24, 2.45) is 0 Å². The minimum absolute atomic E-state index is 0.173. The van der Waals surface area contributed by atoms with E-state index in [2.05, 4.69) is 27.3 Å². The molecule has 0 atom stereocenters. The van der Waals surface area contributed by atoms with Gasteiger partial charge in [0.15, 0.2) is 5.65 Å². The highest BCUT2D eigenvalue weighted by molar-refractivity contribution is 5.79. The summed E-state index contributed by atoms with van der Waals surface area (Å²) in [6, 6.07) is 12.1. The van der Waals surface area contributed by atoms with Gasteiger partial charge in [0, 0.05) is 42.9 Å². The highest BCUT2D eigenvalue weighted by atomic mass is 16.3. The van der Waals surface area contributed by atoms with Gasteiger partial charge in [-0.25, -0.2) is 9.50 Å². The minimum Gasteiger partial charge on any atom is -0.396 e. The number of aliphatic hydroxyl groups is 1. The quantitative estimate of drug-likeness (QED) is 0.614. The number of nitrogens with zero attached hydrogens (tertiary/aromatic N) is 5. The lowest BCUT2D eigenvalue weighted by Gasteiger charge is -2.03. The molecule has 0 bridgehead atoms. The number of rotatable bonds is 5. The number of hydrogen-bond acceptors (Lipinski definition) is 4. The lowest BCUT2D eigenvalue weighted by Crippen LogP contribution is -2.00. The average Bonchev–Trinajstić information content (AvgIpc) is 3.27. The smallest absolute Gasteiger partial charge is 0.162 e. The third kappa shape index (κ3) is 2.68. The summed E-state index contributed by atoms with van der Waals surface area (Å²) in [4.78, 5) is 4.41. The van der Waals surface area contributed by atoms with Crippen LogP contribution in [0.2, 0.25) is 0 Å². The monoisotopic (exact) mass is 319 g/mol. The Kier molecular flexibility index (Phi) is 3.80. The highest BCUT2D eigenvalue weighted by Crippen LogP contribution is 2.27. The van der Waals surface area contributed by atoms with Gasteiger partial charge in [-0.05, 0) is 30.2 Å². The Bertz CT molecular complexity index is 972. The third-order valence-corrected chi connectivity index (χ3v) is 3.93. The molecule has 4 aromatic rings. The molecule has 0 saturated heterocycles. The van der Waals surface area contributed by atoms with Crippen LogP contribution >= 0.6 is 0 Å². The topological polar surface area (TPSA) is 68.2 Å². The summed E-state index contributed by atoms with van der Waals surface area (Å²) in [7, 11) is 0. The van der Waals surface area contributed by atoms with Crippen molar-refractivity contribution in [3.63, 3.8) is 0 Å². The predicted molar refractivity (Wildman–Crippen MR) is 91.3 cm³/mol. The van der Waals surface area contributed by atoms with Crippen LogP contribution in [0, 0.1) is 0 Å². The first-order valence-electron chi connectivity index (χ1n) is 7.88. The van der Waals surface area contributed by atoms with E-state index in [0.717, 1.165) is 28.0 Å². The zero-order chi connectivity index (χ0) is 16.4. The van der Waals surface area contributed by atoms with Gasteiger partial charge >= 0.3 is 0 Å². The molecule has 0 radical (unpaired) electrons. The van der Waals surface area contributed by atoms with E-state index in [1.54, 1.807) is 10.7 Å². The van der Waals surface area contributed by atoms with Crippen LogP contribution in [0.1, 0.15) is 6.42 Å². The largest absolute Gasteiger partial charge is 0.396 e. The zero-order valence-electron chi connectivity index (χ0n) is 13.1. The van der Waals surface area contributed by atoms with Crippen molar-refractivity contribution in [3.05, 3.63) is 61.2 Å². The van der Waals surface area contributed by atoms with Crippen LogP contribution in [-0.2, 0) is 6.54 Å². The van der Waals surface area contributed by atoms with E-state index in [-0.39, 0.29) is 6.61 Å². The van der Waals surface area contributed by atoms with E-state index < -0.39 is 0 Å². The molecule has 120 valence electrons. The van der Waals surface area contributed by atoms with Crippen molar-refractivity contribution in [1.82, 2.24) is 24.4 Å². The molecule has 0 aliphatic heterocycles. The molecule has 3 heterocycles. The van der Waals surface area contributed by atoms with Crippen LogP contribution < -0.4 is 0 Å². The fraction of sp³-hybridized carbons (Fsp3) is 0.167. The van der Waals surface area contributed by atoms with Crippen molar-refractivity contribution < 1.29 is 5.11 Å². The Labute approximate surface area is 139 Å².